The van der Waals surface area contributed by atoms with Crippen molar-refractivity contribution in [2.75, 3.05) is 6.61 Å². The number of nitrogens with zero attached hydrogens (tertiary/aromatic N) is 1. The number of phenols is 1. The predicted octanol–water partition coefficient (Wildman–Crippen LogP) is 6.38. The largest absolute Gasteiger partial charge is 0.502 e. The molecule has 0 aromatic heterocycles. The van der Waals surface area contributed by atoms with Crippen LogP contribution in [-0.4, -0.2) is 16.6 Å². The highest BCUT2D eigenvalue weighted by atomic mass is 16.6. The van der Waals surface area contributed by atoms with Crippen molar-refractivity contribution in [1.82, 2.24) is 0 Å². The molecular weight excluding hydrogens is 318 g/mol. The number of para-hydroxylation sites is 1. The van der Waals surface area contributed by atoms with Gasteiger partial charge in [0.2, 0.25) is 5.75 Å². The van der Waals surface area contributed by atoms with E-state index in [0.717, 1.165) is 12.8 Å². The zero-order valence-corrected chi connectivity index (χ0v) is 15.5. The third kappa shape index (κ3) is 9.32. The van der Waals surface area contributed by atoms with Gasteiger partial charge in [0, 0.05) is 0 Å². The molecule has 1 rings (SSSR count). The molecule has 1 N–H and O–H groups in total. The molecule has 0 radical (unpaired) electrons. The van der Waals surface area contributed by atoms with Gasteiger partial charge < -0.3 is 9.84 Å². The minimum Gasteiger partial charge on any atom is -0.502 e. The Morgan fingerprint density at radius 3 is 1.96 bits per heavy atom. The van der Waals surface area contributed by atoms with Crippen LogP contribution >= 0.6 is 0 Å². The van der Waals surface area contributed by atoms with Crippen LogP contribution in [0.5, 0.6) is 11.5 Å². The topological polar surface area (TPSA) is 72.6 Å². The normalized spacial score (nSPS) is 10.8. The summed E-state index contributed by atoms with van der Waals surface area (Å²) in [6, 6.07) is 4.38. The molecule has 1 aromatic rings. The van der Waals surface area contributed by atoms with E-state index in [4.69, 9.17) is 4.74 Å². The van der Waals surface area contributed by atoms with E-state index in [9.17, 15) is 15.2 Å². The van der Waals surface area contributed by atoms with Crippen molar-refractivity contribution in [2.24, 2.45) is 0 Å². The average molecular weight is 351 g/mol. The van der Waals surface area contributed by atoms with Gasteiger partial charge in [-0.3, -0.25) is 10.1 Å². The summed E-state index contributed by atoms with van der Waals surface area (Å²) in [6.45, 7) is 2.69. The highest BCUT2D eigenvalue weighted by Crippen LogP contribution is 2.35. The fraction of sp³-hybridized carbons (Fsp3) is 0.700. The molecular formula is C20H33NO4. The monoisotopic (exact) mass is 351 g/mol. The van der Waals surface area contributed by atoms with Crippen LogP contribution in [0.4, 0.5) is 5.69 Å². The smallest absolute Gasteiger partial charge is 0.352 e. The Kier molecular flexibility index (Phi) is 11.5. The molecule has 142 valence electrons. The molecule has 0 aliphatic heterocycles. The van der Waals surface area contributed by atoms with Gasteiger partial charge in [-0.05, 0) is 18.6 Å². The summed E-state index contributed by atoms with van der Waals surface area (Å²) in [5.74, 6) is -0.203. The number of hydrogen-bond acceptors (Lipinski definition) is 4. The Morgan fingerprint density at radius 2 is 1.44 bits per heavy atom. The number of rotatable bonds is 15. The van der Waals surface area contributed by atoms with E-state index in [2.05, 4.69) is 6.92 Å². The predicted molar refractivity (Wildman–Crippen MR) is 101 cm³/mol. The number of hydrogen-bond donors (Lipinski definition) is 1. The van der Waals surface area contributed by atoms with E-state index in [1.54, 1.807) is 6.07 Å². The molecule has 25 heavy (non-hydrogen) atoms. The van der Waals surface area contributed by atoms with E-state index < -0.39 is 4.92 Å². The van der Waals surface area contributed by atoms with E-state index >= 15 is 0 Å². The van der Waals surface area contributed by atoms with Crippen LogP contribution in [-0.2, 0) is 0 Å². The summed E-state index contributed by atoms with van der Waals surface area (Å²) >= 11 is 0. The molecule has 0 spiro atoms. The SMILES string of the molecule is CCCCCCCCCCCCCCOc1cccc(O)c1[N+](=O)[O-]. The first-order chi connectivity index (χ1) is 12.2. The number of benzene rings is 1. The second-order valence-corrected chi connectivity index (χ2v) is 6.62. The molecule has 5 heteroatoms. The van der Waals surface area contributed by atoms with Crippen molar-refractivity contribution >= 4 is 5.69 Å². The zero-order chi connectivity index (χ0) is 18.3. The quantitative estimate of drug-likeness (QED) is 0.226. The van der Waals surface area contributed by atoms with E-state index in [-0.39, 0.29) is 17.2 Å². The Bertz CT molecular complexity index is 491. The number of unbranched alkanes of at least 4 members (excludes halogenated alkanes) is 11. The number of nitro benzene ring substituents is 1. The van der Waals surface area contributed by atoms with Crippen LogP contribution < -0.4 is 4.74 Å². The zero-order valence-electron chi connectivity index (χ0n) is 15.5. The molecule has 0 unspecified atom stereocenters. The van der Waals surface area contributed by atoms with Crippen molar-refractivity contribution in [2.45, 2.75) is 84.0 Å². The second-order valence-electron chi connectivity index (χ2n) is 6.62. The first kappa shape index (κ1) is 21.3. The van der Waals surface area contributed by atoms with Crippen LogP contribution in [0.2, 0.25) is 0 Å². The van der Waals surface area contributed by atoms with Crippen LogP contribution in [0.15, 0.2) is 18.2 Å². The van der Waals surface area contributed by atoms with E-state index in [1.165, 1.54) is 76.3 Å². The summed E-state index contributed by atoms with van der Waals surface area (Å²) in [4.78, 5) is 10.3. The minimum atomic E-state index is -0.604. The Morgan fingerprint density at radius 1 is 0.920 bits per heavy atom. The maximum atomic E-state index is 10.9. The molecule has 1 aromatic carbocycles. The van der Waals surface area contributed by atoms with Gasteiger partial charge in [0.05, 0.1) is 11.5 Å². The Balaban J connectivity index is 2.01. The number of aromatic hydroxyl groups is 1. The first-order valence-electron chi connectivity index (χ1n) is 9.76. The molecule has 0 saturated carbocycles. The van der Waals surface area contributed by atoms with Gasteiger partial charge in [-0.25, -0.2) is 0 Å². The van der Waals surface area contributed by atoms with E-state index in [0.29, 0.717) is 6.61 Å². The molecule has 0 aliphatic rings. The second kappa shape index (κ2) is 13.5. The van der Waals surface area contributed by atoms with Crippen molar-refractivity contribution in [3.8, 4) is 11.5 Å². The summed E-state index contributed by atoms with van der Waals surface area (Å²) < 4.78 is 5.47. The Hall–Kier alpha value is -1.78. The van der Waals surface area contributed by atoms with Gasteiger partial charge in [-0.2, -0.15) is 0 Å². The van der Waals surface area contributed by atoms with Crippen molar-refractivity contribution < 1.29 is 14.8 Å². The lowest BCUT2D eigenvalue weighted by Gasteiger charge is -2.07. The summed E-state index contributed by atoms with van der Waals surface area (Å²) in [5, 5.41) is 20.5. The van der Waals surface area contributed by atoms with Crippen LogP contribution in [0.25, 0.3) is 0 Å². The molecule has 0 bridgehead atoms. The van der Waals surface area contributed by atoms with Gasteiger partial charge in [-0.15, -0.1) is 0 Å². The molecule has 0 fully saturated rings. The summed E-state index contributed by atoms with van der Waals surface area (Å²) in [5.41, 5.74) is -0.346. The van der Waals surface area contributed by atoms with Gasteiger partial charge in [-0.1, -0.05) is 83.6 Å². The van der Waals surface area contributed by atoms with Gasteiger partial charge >= 0.3 is 5.69 Å². The van der Waals surface area contributed by atoms with Crippen molar-refractivity contribution in [1.29, 1.82) is 0 Å². The van der Waals surface area contributed by atoms with Gasteiger partial charge in [0.25, 0.3) is 0 Å². The third-order valence-corrected chi connectivity index (χ3v) is 4.42. The van der Waals surface area contributed by atoms with Crippen molar-refractivity contribution in [3.05, 3.63) is 28.3 Å². The number of nitro groups is 1. The maximum Gasteiger partial charge on any atom is 0.352 e. The lowest BCUT2D eigenvalue weighted by molar-refractivity contribution is -0.386. The highest BCUT2D eigenvalue weighted by molar-refractivity contribution is 5.56. The van der Waals surface area contributed by atoms with Crippen LogP contribution in [0, 0.1) is 10.1 Å². The fourth-order valence-corrected chi connectivity index (χ4v) is 2.94. The molecule has 0 saturated heterocycles. The lowest BCUT2D eigenvalue weighted by atomic mass is 10.1. The Labute approximate surface area is 151 Å². The maximum absolute atomic E-state index is 10.9. The lowest BCUT2D eigenvalue weighted by Crippen LogP contribution is -2.00. The van der Waals surface area contributed by atoms with Gasteiger partial charge in [0.1, 0.15) is 0 Å². The number of ether oxygens (including phenoxy) is 1. The molecule has 0 heterocycles. The van der Waals surface area contributed by atoms with Gasteiger partial charge in [0.15, 0.2) is 5.75 Å². The molecule has 0 amide bonds. The number of phenolic OH excluding ortho intramolecular Hbond substituents is 1. The van der Waals surface area contributed by atoms with E-state index in [1.807, 2.05) is 0 Å². The van der Waals surface area contributed by atoms with Crippen LogP contribution in [0.1, 0.15) is 84.0 Å². The summed E-state index contributed by atoms with van der Waals surface area (Å²) in [6.07, 6.45) is 15.2. The molecule has 0 atom stereocenters. The average Bonchev–Trinajstić information content (AvgIpc) is 2.58. The van der Waals surface area contributed by atoms with Crippen LogP contribution in [0.3, 0.4) is 0 Å². The first-order valence-corrected chi connectivity index (χ1v) is 9.76. The highest BCUT2D eigenvalue weighted by Gasteiger charge is 2.20. The summed E-state index contributed by atoms with van der Waals surface area (Å²) in [7, 11) is 0. The minimum absolute atomic E-state index is 0.146. The molecule has 5 nitrogen and oxygen atoms in total. The third-order valence-electron chi connectivity index (χ3n) is 4.42. The molecule has 0 aliphatic carbocycles. The standard InChI is InChI=1S/C20H33NO4/c1-2-3-4-5-6-7-8-9-10-11-12-13-17-25-19-16-14-15-18(22)20(19)21(23)24/h14-16,22H,2-13,17H2,1H3. The van der Waals surface area contributed by atoms with Crippen molar-refractivity contribution in [3.63, 3.8) is 0 Å². The fourth-order valence-electron chi connectivity index (χ4n) is 2.94.